The van der Waals surface area contributed by atoms with Gasteiger partial charge in [0.15, 0.2) is 0 Å². The first-order valence-corrected chi connectivity index (χ1v) is 7.70. The Morgan fingerprint density at radius 1 is 1.23 bits per heavy atom. The van der Waals surface area contributed by atoms with E-state index < -0.39 is 5.66 Å². The van der Waals surface area contributed by atoms with E-state index in [2.05, 4.69) is 27.0 Å². The molecule has 2 aromatic rings. The van der Waals surface area contributed by atoms with E-state index in [0.29, 0.717) is 19.0 Å². The largest absolute Gasteiger partial charge is 0.317 e. The molecule has 0 aliphatic carbocycles. The van der Waals surface area contributed by atoms with Crippen LogP contribution in [0.1, 0.15) is 12.5 Å². The van der Waals surface area contributed by atoms with Crippen LogP contribution in [0.25, 0.3) is 0 Å². The minimum Gasteiger partial charge on any atom is -0.317 e. The maximum Gasteiger partial charge on any atom is 0.227 e. The van der Waals surface area contributed by atoms with Gasteiger partial charge in [-0.05, 0) is 36.8 Å². The fourth-order valence-electron chi connectivity index (χ4n) is 3.06. The van der Waals surface area contributed by atoms with Crippen LogP contribution in [0, 0.1) is 0 Å². The second-order valence-corrected chi connectivity index (χ2v) is 6.40. The lowest BCUT2D eigenvalue weighted by Gasteiger charge is -2.49. The number of hydrogen-bond donors (Lipinski definition) is 1. The Kier molecular flexibility index (Phi) is 4.29. The number of piperazine rings is 1. The van der Waals surface area contributed by atoms with Crippen molar-refractivity contribution in [3.63, 3.8) is 0 Å². The molecule has 1 aromatic heterocycles. The molecular formula is C16H20ClN5. The number of hydrogen-bond acceptors (Lipinski definition) is 5. The van der Waals surface area contributed by atoms with Crippen LogP contribution in [0.3, 0.4) is 0 Å². The number of benzene rings is 1. The van der Waals surface area contributed by atoms with Crippen LogP contribution in [-0.2, 0) is 6.42 Å². The second-order valence-electron chi connectivity index (χ2n) is 5.92. The lowest BCUT2D eigenvalue weighted by Crippen LogP contribution is -2.69. The van der Waals surface area contributed by atoms with E-state index >= 15 is 0 Å². The lowest BCUT2D eigenvalue weighted by molar-refractivity contribution is 0.223. The summed E-state index contributed by atoms with van der Waals surface area (Å²) >= 11 is 6.30. The second kappa shape index (κ2) is 6.20. The summed E-state index contributed by atoms with van der Waals surface area (Å²) < 4.78 is 1.76. The summed E-state index contributed by atoms with van der Waals surface area (Å²) in [6.45, 7) is 3.23. The Labute approximate surface area is 135 Å². The number of nitrogens with zero attached hydrogens (tertiary/aromatic N) is 4. The molecule has 3 rings (SSSR count). The molecule has 2 unspecified atom stereocenters. The first-order valence-electron chi connectivity index (χ1n) is 7.36. The first-order chi connectivity index (χ1) is 10.6. The molecule has 1 saturated heterocycles. The first kappa shape index (κ1) is 15.2. The van der Waals surface area contributed by atoms with Crippen molar-refractivity contribution in [2.75, 3.05) is 18.0 Å². The van der Waals surface area contributed by atoms with Gasteiger partial charge in [-0.15, -0.1) is 0 Å². The van der Waals surface area contributed by atoms with Gasteiger partial charge in [-0.25, -0.2) is 14.4 Å². The predicted octanol–water partition coefficient (Wildman–Crippen LogP) is 2.04. The van der Waals surface area contributed by atoms with Crippen LogP contribution in [0.4, 0.5) is 5.95 Å². The van der Waals surface area contributed by atoms with Gasteiger partial charge >= 0.3 is 0 Å². The molecule has 22 heavy (non-hydrogen) atoms. The Morgan fingerprint density at radius 3 is 2.59 bits per heavy atom. The number of halogens is 1. The lowest BCUT2D eigenvalue weighted by atomic mass is 9.98. The van der Waals surface area contributed by atoms with E-state index in [0.717, 1.165) is 6.42 Å². The van der Waals surface area contributed by atoms with Gasteiger partial charge < -0.3 is 10.6 Å². The molecule has 6 heteroatoms. The Morgan fingerprint density at radius 2 is 1.91 bits per heavy atom. The molecule has 5 nitrogen and oxygen atoms in total. The van der Waals surface area contributed by atoms with Gasteiger partial charge in [-0.2, -0.15) is 0 Å². The zero-order valence-corrected chi connectivity index (χ0v) is 13.3. The highest BCUT2D eigenvalue weighted by Gasteiger charge is 2.41. The molecule has 1 fully saturated rings. The third-order valence-corrected chi connectivity index (χ3v) is 4.16. The molecule has 0 amide bonds. The summed E-state index contributed by atoms with van der Waals surface area (Å²) in [5.41, 5.74) is 7.13. The van der Waals surface area contributed by atoms with Gasteiger partial charge in [0.1, 0.15) is 5.66 Å². The summed E-state index contributed by atoms with van der Waals surface area (Å²) in [6.07, 6.45) is 4.32. The van der Waals surface area contributed by atoms with Crippen molar-refractivity contribution in [3.05, 3.63) is 54.4 Å². The number of rotatable bonds is 3. The van der Waals surface area contributed by atoms with Crippen molar-refractivity contribution in [2.45, 2.75) is 25.0 Å². The fourth-order valence-corrected chi connectivity index (χ4v) is 3.47. The monoisotopic (exact) mass is 317 g/mol. The van der Waals surface area contributed by atoms with Gasteiger partial charge in [0.2, 0.25) is 5.95 Å². The SMILES string of the molecule is CC1(N)CN(Cl)CC(Cc2ccccc2)N1c1ncccn1. The highest BCUT2D eigenvalue weighted by molar-refractivity contribution is 6.13. The highest BCUT2D eigenvalue weighted by Crippen LogP contribution is 2.28. The van der Waals surface area contributed by atoms with E-state index in [1.54, 1.807) is 22.9 Å². The smallest absolute Gasteiger partial charge is 0.227 e. The molecule has 0 spiro atoms. The van der Waals surface area contributed by atoms with E-state index in [4.69, 9.17) is 17.5 Å². The molecular weight excluding hydrogens is 298 g/mol. The van der Waals surface area contributed by atoms with Crippen LogP contribution in [-0.4, -0.2) is 39.2 Å². The third kappa shape index (κ3) is 3.21. The molecule has 2 heterocycles. The Bertz CT molecular complexity index is 604. The number of nitrogens with two attached hydrogens (primary N) is 1. The molecule has 2 N–H and O–H groups in total. The Balaban J connectivity index is 1.93. The van der Waals surface area contributed by atoms with Crippen molar-refractivity contribution < 1.29 is 0 Å². The van der Waals surface area contributed by atoms with Crippen LogP contribution < -0.4 is 10.6 Å². The predicted molar refractivity (Wildman–Crippen MR) is 88.5 cm³/mol. The maximum atomic E-state index is 6.51. The summed E-state index contributed by atoms with van der Waals surface area (Å²) in [4.78, 5) is 10.9. The van der Waals surface area contributed by atoms with Crippen LogP contribution in [0.2, 0.25) is 0 Å². The average molecular weight is 318 g/mol. The summed E-state index contributed by atoms with van der Waals surface area (Å²) in [5, 5.41) is 0. The third-order valence-electron chi connectivity index (χ3n) is 3.90. The topological polar surface area (TPSA) is 58.3 Å². The van der Waals surface area contributed by atoms with Crippen molar-refractivity contribution in [2.24, 2.45) is 5.73 Å². The zero-order chi connectivity index (χ0) is 15.6. The van der Waals surface area contributed by atoms with E-state index in [9.17, 15) is 0 Å². The van der Waals surface area contributed by atoms with Crippen molar-refractivity contribution >= 4 is 17.7 Å². The molecule has 116 valence electrons. The van der Waals surface area contributed by atoms with Crippen LogP contribution >= 0.6 is 11.8 Å². The highest BCUT2D eigenvalue weighted by atomic mass is 35.5. The van der Waals surface area contributed by atoms with Gasteiger partial charge in [0, 0.05) is 18.9 Å². The van der Waals surface area contributed by atoms with Crippen molar-refractivity contribution in [1.29, 1.82) is 0 Å². The quantitative estimate of drug-likeness (QED) is 0.878. The summed E-state index contributed by atoms with van der Waals surface area (Å²) in [6, 6.07) is 12.3. The van der Waals surface area contributed by atoms with Crippen LogP contribution in [0.5, 0.6) is 0 Å². The number of anilines is 1. The average Bonchev–Trinajstić information content (AvgIpc) is 2.47. The molecule has 0 radical (unpaired) electrons. The molecule has 2 atom stereocenters. The minimum absolute atomic E-state index is 0.117. The Hall–Kier alpha value is -1.69. The number of aromatic nitrogens is 2. The molecule has 1 aliphatic rings. The standard InChI is InChI=1S/C16H20ClN5/c1-16(18)12-21(17)11-14(10-13-6-3-2-4-7-13)22(16)15-19-8-5-9-20-15/h2-9,14H,10-12,18H2,1H3. The normalized spacial score (nSPS) is 26.1. The van der Waals surface area contributed by atoms with Crippen LogP contribution in [0.15, 0.2) is 48.8 Å². The summed E-state index contributed by atoms with van der Waals surface area (Å²) in [5.74, 6) is 0.651. The van der Waals surface area contributed by atoms with E-state index in [1.165, 1.54) is 5.56 Å². The van der Waals surface area contributed by atoms with Gasteiger partial charge in [-0.3, -0.25) is 0 Å². The van der Waals surface area contributed by atoms with E-state index in [1.807, 2.05) is 25.1 Å². The fraction of sp³-hybridized carbons (Fsp3) is 0.375. The van der Waals surface area contributed by atoms with Crippen molar-refractivity contribution in [3.8, 4) is 0 Å². The molecule has 1 aromatic carbocycles. The van der Waals surface area contributed by atoms with Gasteiger partial charge in [0.05, 0.1) is 12.6 Å². The summed E-state index contributed by atoms with van der Waals surface area (Å²) in [7, 11) is 0. The minimum atomic E-state index is -0.624. The molecule has 0 saturated carbocycles. The molecule has 1 aliphatic heterocycles. The maximum absolute atomic E-state index is 6.51. The zero-order valence-electron chi connectivity index (χ0n) is 12.6. The van der Waals surface area contributed by atoms with E-state index in [-0.39, 0.29) is 6.04 Å². The van der Waals surface area contributed by atoms with Gasteiger partial charge in [0.25, 0.3) is 0 Å². The van der Waals surface area contributed by atoms with Crippen molar-refractivity contribution in [1.82, 2.24) is 14.4 Å². The van der Waals surface area contributed by atoms with Gasteiger partial charge in [-0.1, -0.05) is 30.3 Å². The molecule has 0 bridgehead atoms.